The van der Waals surface area contributed by atoms with Crippen LogP contribution in [0.25, 0.3) is 5.76 Å². The summed E-state index contributed by atoms with van der Waals surface area (Å²) in [4.78, 5) is 22.1. The summed E-state index contributed by atoms with van der Waals surface area (Å²) >= 11 is 0. The van der Waals surface area contributed by atoms with E-state index >= 15 is 0 Å². The van der Waals surface area contributed by atoms with Crippen molar-refractivity contribution in [2.24, 2.45) is 0 Å². The number of aliphatic hydroxyl groups excluding tert-OH is 1. The lowest BCUT2D eigenvalue weighted by Crippen LogP contribution is -2.04. The van der Waals surface area contributed by atoms with Crippen LogP contribution in [-0.2, 0) is 9.53 Å². The van der Waals surface area contributed by atoms with Crippen LogP contribution in [0.15, 0.2) is 30.3 Å². The van der Waals surface area contributed by atoms with Crippen LogP contribution in [0, 0.1) is 0 Å². The van der Waals surface area contributed by atoms with Crippen LogP contribution in [0.3, 0.4) is 0 Å². The number of ketones is 1. The van der Waals surface area contributed by atoms with Crippen molar-refractivity contribution < 1.29 is 19.4 Å². The third-order valence-electron chi connectivity index (χ3n) is 2.03. The average molecular weight is 234 g/mol. The Morgan fingerprint density at radius 3 is 2.24 bits per heavy atom. The zero-order chi connectivity index (χ0) is 12.8. The maximum Gasteiger partial charge on any atom is 0.338 e. The zero-order valence-corrected chi connectivity index (χ0v) is 9.77. The highest BCUT2D eigenvalue weighted by Gasteiger charge is 2.07. The molecule has 0 saturated heterocycles. The topological polar surface area (TPSA) is 63.6 Å². The van der Waals surface area contributed by atoms with Gasteiger partial charge in [0.05, 0.1) is 12.2 Å². The molecule has 0 aliphatic heterocycles. The predicted octanol–water partition coefficient (Wildman–Crippen LogP) is 2.35. The second-order valence-electron chi connectivity index (χ2n) is 3.44. The molecule has 1 aromatic carbocycles. The molecule has 0 saturated carbocycles. The quantitative estimate of drug-likeness (QED) is 0.493. The van der Waals surface area contributed by atoms with Crippen LogP contribution in [0.2, 0.25) is 0 Å². The van der Waals surface area contributed by atoms with Gasteiger partial charge in [-0.1, -0.05) is 12.1 Å². The monoisotopic (exact) mass is 234 g/mol. The minimum Gasteiger partial charge on any atom is -0.507 e. The number of allylic oxidation sites excluding steroid dienone is 1. The summed E-state index contributed by atoms with van der Waals surface area (Å²) in [7, 11) is 0. The van der Waals surface area contributed by atoms with Crippen molar-refractivity contribution >= 4 is 17.5 Å². The predicted molar refractivity (Wildman–Crippen MR) is 63.7 cm³/mol. The molecule has 0 aromatic heterocycles. The first kappa shape index (κ1) is 13.0. The molecule has 0 fully saturated rings. The standard InChI is InChI=1S/C13H14O4/c1-3-17-13(16)11-6-4-10(5-7-11)12(15)8-9(2)14/h4-8,15H,3H2,1-2H3. The Morgan fingerprint density at radius 1 is 1.24 bits per heavy atom. The van der Waals surface area contributed by atoms with E-state index in [4.69, 9.17) is 4.74 Å². The van der Waals surface area contributed by atoms with E-state index < -0.39 is 5.97 Å². The summed E-state index contributed by atoms with van der Waals surface area (Å²) < 4.78 is 4.82. The molecule has 0 atom stereocenters. The number of aliphatic hydroxyl groups is 1. The molecule has 0 bridgehead atoms. The van der Waals surface area contributed by atoms with Gasteiger partial charge in [-0.05, 0) is 26.0 Å². The van der Waals surface area contributed by atoms with Crippen molar-refractivity contribution in [1.82, 2.24) is 0 Å². The molecule has 4 heteroatoms. The number of rotatable bonds is 4. The van der Waals surface area contributed by atoms with E-state index in [1.54, 1.807) is 19.1 Å². The van der Waals surface area contributed by atoms with Gasteiger partial charge in [-0.25, -0.2) is 4.79 Å². The number of esters is 1. The van der Waals surface area contributed by atoms with E-state index in [0.717, 1.165) is 6.08 Å². The summed E-state index contributed by atoms with van der Waals surface area (Å²) in [5.41, 5.74) is 0.888. The molecule has 1 aromatic rings. The van der Waals surface area contributed by atoms with Gasteiger partial charge in [-0.15, -0.1) is 0 Å². The lowest BCUT2D eigenvalue weighted by Gasteiger charge is -2.03. The van der Waals surface area contributed by atoms with Gasteiger partial charge in [0.25, 0.3) is 0 Å². The molecule has 0 amide bonds. The molecular weight excluding hydrogens is 220 g/mol. The van der Waals surface area contributed by atoms with Crippen LogP contribution in [0.4, 0.5) is 0 Å². The molecule has 0 radical (unpaired) electrons. The largest absolute Gasteiger partial charge is 0.507 e. The minimum atomic E-state index is -0.408. The van der Waals surface area contributed by atoms with Crippen molar-refractivity contribution in [3.05, 3.63) is 41.5 Å². The molecule has 1 rings (SSSR count). The molecule has 0 aliphatic carbocycles. The molecule has 4 nitrogen and oxygen atoms in total. The van der Waals surface area contributed by atoms with Crippen LogP contribution in [-0.4, -0.2) is 23.5 Å². The number of hydrogen-bond acceptors (Lipinski definition) is 4. The van der Waals surface area contributed by atoms with Gasteiger partial charge >= 0.3 is 5.97 Å². The number of ether oxygens (including phenoxy) is 1. The van der Waals surface area contributed by atoms with E-state index in [2.05, 4.69) is 0 Å². The van der Waals surface area contributed by atoms with Crippen molar-refractivity contribution in [1.29, 1.82) is 0 Å². The zero-order valence-electron chi connectivity index (χ0n) is 9.77. The summed E-state index contributed by atoms with van der Waals surface area (Å²) in [5, 5.41) is 9.55. The Hall–Kier alpha value is -2.10. The highest BCUT2D eigenvalue weighted by molar-refractivity contribution is 5.94. The first-order valence-corrected chi connectivity index (χ1v) is 5.23. The molecule has 0 heterocycles. The summed E-state index contributed by atoms with van der Waals surface area (Å²) in [6.07, 6.45) is 1.12. The molecular formula is C13H14O4. The maximum absolute atomic E-state index is 11.4. The van der Waals surface area contributed by atoms with E-state index in [1.165, 1.54) is 19.1 Å². The smallest absolute Gasteiger partial charge is 0.338 e. The summed E-state index contributed by atoms with van der Waals surface area (Å²) in [5.74, 6) is -0.765. The van der Waals surface area contributed by atoms with Gasteiger partial charge in [0.15, 0.2) is 5.78 Å². The number of benzene rings is 1. The Labute approximate surface area is 99.5 Å². The SMILES string of the molecule is CCOC(=O)c1ccc(C(O)=CC(C)=O)cc1. The first-order chi connectivity index (χ1) is 8.04. The third-order valence-corrected chi connectivity index (χ3v) is 2.03. The van der Waals surface area contributed by atoms with Crippen molar-refractivity contribution in [3.63, 3.8) is 0 Å². The summed E-state index contributed by atoms with van der Waals surface area (Å²) in [6, 6.07) is 6.19. The lowest BCUT2D eigenvalue weighted by molar-refractivity contribution is -0.112. The van der Waals surface area contributed by atoms with Gasteiger partial charge < -0.3 is 9.84 Å². The second-order valence-corrected chi connectivity index (χ2v) is 3.44. The fourth-order valence-electron chi connectivity index (χ4n) is 1.27. The lowest BCUT2D eigenvalue weighted by atomic mass is 10.1. The Morgan fingerprint density at radius 2 is 1.76 bits per heavy atom. The molecule has 1 N–H and O–H groups in total. The second kappa shape index (κ2) is 5.84. The highest BCUT2D eigenvalue weighted by atomic mass is 16.5. The van der Waals surface area contributed by atoms with E-state index in [1.807, 2.05) is 0 Å². The average Bonchev–Trinajstić information content (AvgIpc) is 2.28. The summed E-state index contributed by atoms with van der Waals surface area (Å²) in [6.45, 7) is 3.40. The van der Waals surface area contributed by atoms with E-state index in [9.17, 15) is 14.7 Å². The van der Waals surface area contributed by atoms with Gasteiger partial charge in [0, 0.05) is 11.6 Å². The van der Waals surface area contributed by atoms with Gasteiger partial charge in [-0.2, -0.15) is 0 Å². The number of carbonyl (C=O) groups is 2. The minimum absolute atomic E-state index is 0.118. The van der Waals surface area contributed by atoms with E-state index in [0.29, 0.717) is 17.7 Å². The van der Waals surface area contributed by atoms with Gasteiger partial charge in [0.1, 0.15) is 5.76 Å². The van der Waals surface area contributed by atoms with Crippen LogP contribution in [0.5, 0.6) is 0 Å². The number of carbonyl (C=O) groups excluding carboxylic acids is 2. The van der Waals surface area contributed by atoms with Gasteiger partial charge in [-0.3, -0.25) is 4.79 Å². The molecule has 0 spiro atoms. The highest BCUT2D eigenvalue weighted by Crippen LogP contribution is 2.13. The van der Waals surface area contributed by atoms with Crippen molar-refractivity contribution in [3.8, 4) is 0 Å². The molecule has 90 valence electrons. The van der Waals surface area contributed by atoms with Crippen LogP contribution in [0.1, 0.15) is 29.8 Å². The Balaban J connectivity index is 2.88. The van der Waals surface area contributed by atoms with Crippen LogP contribution < -0.4 is 0 Å². The van der Waals surface area contributed by atoms with Crippen molar-refractivity contribution in [2.45, 2.75) is 13.8 Å². The van der Waals surface area contributed by atoms with Crippen molar-refractivity contribution in [2.75, 3.05) is 6.61 Å². The van der Waals surface area contributed by atoms with E-state index in [-0.39, 0.29) is 11.5 Å². The molecule has 17 heavy (non-hydrogen) atoms. The normalized spacial score (nSPS) is 11.1. The Kier molecular flexibility index (Phi) is 4.46. The third kappa shape index (κ3) is 3.75. The first-order valence-electron chi connectivity index (χ1n) is 5.23. The molecule has 0 aliphatic rings. The maximum atomic E-state index is 11.4. The fourth-order valence-corrected chi connectivity index (χ4v) is 1.27. The fraction of sp³-hybridized carbons (Fsp3) is 0.231. The van der Waals surface area contributed by atoms with Gasteiger partial charge in [0.2, 0.25) is 0 Å². The van der Waals surface area contributed by atoms with Crippen LogP contribution >= 0.6 is 0 Å². The molecule has 0 unspecified atom stereocenters. The number of hydrogen-bond donors (Lipinski definition) is 1. The Bertz CT molecular complexity index is 443.